The summed E-state index contributed by atoms with van der Waals surface area (Å²) in [5.74, 6) is -0.437. The minimum absolute atomic E-state index is 0.0361. The van der Waals surface area contributed by atoms with Gasteiger partial charge in [0.15, 0.2) is 0 Å². The van der Waals surface area contributed by atoms with Gasteiger partial charge in [0.25, 0.3) is 0 Å². The third-order valence-electron chi connectivity index (χ3n) is 6.73. The SMILES string of the molecule is COC(=O)C[C@H]1C=C[C@@H]2C(=C1)P(=O)(c1ccccc1)N(Cc1ccccc1)[C@H]2c1ccccc1. The topological polar surface area (TPSA) is 46.6 Å². The molecule has 34 heavy (non-hydrogen) atoms. The van der Waals surface area contributed by atoms with Crippen molar-refractivity contribution < 1.29 is 14.1 Å². The summed E-state index contributed by atoms with van der Waals surface area (Å²) in [5.41, 5.74) is 2.26. The van der Waals surface area contributed by atoms with Crippen molar-refractivity contribution in [3.05, 3.63) is 126 Å². The van der Waals surface area contributed by atoms with Gasteiger partial charge in [-0.05, 0) is 23.3 Å². The van der Waals surface area contributed by atoms with E-state index in [4.69, 9.17) is 4.74 Å². The van der Waals surface area contributed by atoms with Crippen LogP contribution in [0.15, 0.2) is 115 Å². The van der Waals surface area contributed by atoms with Gasteiger partial charge in [0.05, 0.1) is 19.6 Å². The number of carbonyl (C=O) groups excluding carboxylic acids is 1. The second-order valence-corrected chi connectivity index (χ2v) is 11.5. The van der Waals surface area contributed by atoms with Crippen LogP contribution in [0.5, 0.6) is 0 Å². The molecule has 1 fully saturated rings. The fraction of sp³-hybridized carbons (Fsp3) is 0.207. The van der Waals surface area contributed by atoms with Gasteiger partial charge in [0.1, 0.15) is 0 Å². The normalized spacial score (nSPS) is 26.0. The summed E-state index contributed by atoms with van der Waals surface area (Å²) in [6.07, 6.45) is 6.53. The number of esters is 1. The number of nitrogens with zero attached hydrogens (tertiary/aromatic N) is 1. The van der Waals surface area contributed by atoms with Crippen molar-refractivity contribution in [3.63, 3.8) is 0 Å². The van der Waals surface area contributed by atoms with E-state index in [1.807, 2.05) is 66.7 Å². The van der Waals surface area contributed by atoms with Gasteiger partial charge in [-0.15, -0.1) is 0 Å². The van der Waals surface area contributed by atoms with Gasteiger partial charge in [-0.1, -0.05) is 97.1 Å². The van der Waals surface area contributed by atoms with Gasteiger partial charge in [-0.2, -0.15) is 0 Å². The predicted octanol–water partition coefficient (Wildman–Crippen LogP) is 6.10. The zero-order valence-corrected chi connectivity index (χ0v) is 20.1. The standard InChI is InChI=1S/C29H28NO3P/c1-33-28(31)20-23-17-18-26-27(19-23)34(32,25-15-9-4-10-16-25)30(21-22-11-5-2-6-12-22)29(26)24-13-7-3-8-14-24/h2-19,23,26,29H,20-21H2,1H3/t23-,26+,29-,34?/m0/s1. The van der Waals surface area contributed by atoms with Crippen molar-refractivity contribution in [2.24, 2.45) is 11.8 Å². The molecule has 4 atom stereocenters. The van der Waals surface area contributed by atoms with Crippen LogP contribution in [-0.4, -0.2) is 17.7 Å². The maximum atomic E-state index is 15.3. The molecule has 1 unspecified atom stereocenters. The summed E-state index contributed by atoms with van der Waals surface area (Å²) in [7, 11) is -1.74. The summed E-state index contributed by atoms with van der Waals surface area (Å²) in [5, 5.41) is 1.74. The summed E-state index contributed by atoms with van der Waals surface area (Å²) in [6.45, 7) is 0.565. The van der Waals surface area contributed by atoms with E-state index in [1.165, 1.54) is 7.11 Å². The molecule has 1 saturated heterocycles. The van der Waals surface area contributed by atoms with Gasteiger partial charge in [-0.25, -0.2) is 4.67 Å². The Morgan fingerprint density at radius 1 is 0.882 bits per heavy atom. The lowest BCUT2D eigenvalue weighted by Crippen LogP contribution is -2.25. The van der Waals surface area contributed by atoms with Crippen LogP contribution in [0.3, 0.4) is 0 Å². The highest BCUT2D eigenvalue weighted by Gasteiger charge is 2.53. The van der Waals surface area contributed by atoms with E-state index in [9.17, 15) is 4.79 Å². The Morgan fingerprint density at radius 3 is 2.15 bits per heavy atom. The number of rotatable bonds is 6. The zero-order chi connectivity index (χ0) is 23.5. The number of benzene rings is 3. The van der Waals surface area contributed by atoms with Gasteiger partial charge in [0, 0.05) is 29.0 Å². The molecule has 5 heteroatoms. The second-order valence-electron chi connectivity index (χ2n) is 8.80. The van der Waals surface area contributed by atoms with Crippen LogP contribution < -0.4 is 5.30 Å². The minimum atomic E-state index is -3.15. The summed E-state index contributed by atoms with van der Waals surface area (Å²) >= 11 is 0. The van der Waals surface area contributed by atoms with E-state index in [0.717, 1.165) is 21.7 Å². The molecule has 0 bridgehead atoms. The van der Waals surface area contributed by atoms with E-state index in [1.54, 1.807) is 0 Å². The van der Waals surface area contributed by atoms with Gasteiger partial charge in [-0.3, -0.25) is 9.36 Å². The van der Waals surface area contributed by atoms with Crippen molar-refractivity contribution in [1.82, 2.24) is 4.67 Å². The van der Waals surface area contributed by atoms with E-state index in [2.05, 4.69) is 47.2 Å². The van der Waals surface area contributed by atoms with Gasteiger partial charge < -0.3 is 4.74 Å². The fourth-order valence-electron chi connectivity index (χ4n) is 5.15. The molecule has 0 saturated carbocycles. The largest absolute Gasteiger partial charge is 0.469 e. The first kappa shape index (κ1) is 22.6. The molecule has 1 aliphatic carbocycles. The Labute approximate surface area is 201 Å². The van der Waals surface area contributed by atoms with Crippen molar-refractivity contribution in [1.29, 1.82) is 0 Å². The molecule has 0 radical (unpaired) electrons. The second kappa shape index (κ2) is 9.58. The third-order valence-corrected chi connectivity index (χ3v) is 9.99. The first-order valence-corrected chi connectivity index (χ1v) is 13.3. The Kier molecular flexibility index (Phi) is 6.36. The molecule has 2 aliphatic rings. The maximum Gasteiger partial charge on any atom is 0.306 e. The Bertz CT molecular complexity index is 1250. The van der Waals surface area contributed by atoms with Crippen LogP contribution in [0, 0.1) is 11.8 Å². The summed E-state index contributed by atoms with van der Waals surface area (Å²) in [4.78, 5) is 12.0. The number of carbonyl (C=O) groups is 1. The Hall–Kier alpha value is -3.20. The molecule has 0 spiro atoms. The lowest BCUT2D eigenvalue weighted by atomic mass is 9.86. The fourth-order valence-corrected chi connectivity index (χ4v) is 8.64. The number of fused-ring (bicyclic) bond motifs is 1. The van der Waals surface area contributed by atoms with Crippen molar-refractivity contribution >= 4 is 18.6 Å². The highest BCUT2D eigenvalue weighted by molar-refractivity contribution is 7.73. The van der Waals surface area contributed by atoms with Crippen LogP contribution in [0.4, 0.5) is 0 Å². The molecule has 5 rings (SSSR count). The number of hydrogen-bond donors (Lipinski definition) is 0. The quantitative estimate of drug-likeness (QED) is 0.249. The third kappa shape index (κ3) is 4.09. The van der Waals surface area contributed by atoms with E-state index >= 15 is 4.57 Å². The first-order valence-electron chi connectivity index (χ1n) is 11.6. The predicted molar refractivity (Wildman–Crippen MR) is 136 cm³/mol. The molecule has 0 amide bonds. The van der Waals surface area contributed by atoms with Crippen molar-refractivity contribution in [2.75, 3.05) is 7.11 Å². The van der Waals surface area contributed by atoms with E-state index < -0.39 is 7.29 Å². The smallest absolute Gasteiger partial charge is 0.306 e. The van der Waals surface area contributed by atoms with E-state index in [0.29, 0.717) is 6.54 Å². The number of ether oxygens (including phenoxy) is 1. The average Bonchev–Trinajstić information content (AvgIpc) is 3.14. The van der Waals surface area contributed by atoms with Crippen LogP contribution in [0.2, 0.25) is 0 Å². The van der Waals surface area contributed by atoms with Gasteiger partial charge >= 0.3 is 5.97 Å². The van der Waals surface area contributed by atoms with Crippen LogP contribution in [0.25, 0.3) is 0 Å². The molecule has 0 aromatic heterocycles. The summed E-state index contributed by atoms with van der Waals surface area (Å²) in [6, 6.07) is 30.3. The molecule has 3 aromatic rings. The van der Waals surface area contributed by atoms with E-state index in [-0.39, 0.29) is 30.3 Å². The van der Waals surface area contributed by atoms with Crippen molar-refractivity contribution in [2.45, 2.75) is 19.0 Å². The van der Waals surface area contributed by atoms with Crippen LogP contribution >= 0.6 is 7.29 Å². The molecular weight excluding hydrogens is 441 g/mol. The van der Waals surface area contributed by atoms with Gasteiger partial charge in [0.2, 0.25) is 7.29 Å². The van der Waals surface area contributed by atoms with Crippen molar-refractivity contribution in [3.8, 4) is 0 Å². The highest BCUT2D eigenvalue weighted by Crippen LogP contribution is 2.71. The number of hydrogen-bond acceptors (Lipinski definition) is 3. The zero-order valence-electron chi connectivity index (χ0n) is 19.2. The monoisotopic (exact) mass is 469 g/mol. The molecule has 172 valence electrons. The molecule has 0 N–H and O–H groups in total. The lowest BCUT2D eigenvalue weighted by Gasteiger charge is -2.31. The summed E-state index contributed by atoms with van der Waals surface area (Å²) < 4.78 is 22.4. The molecule has 4 nitrogen and oxygen atoms in total. The van der Waals surface area contributed by atoms with Crippen LogP contribution in [0.1, 0.15) is 23.6 Å². The average molecular weight is 470 g/mol. The minimum Gasteiger partial charge on any atom is -0.469 e. The lowest BCUT2D eigenvalue weighted by molar-refractivity contribution is -0.141. The Morgan fingerprint density at radius 2 is 1.50 bits per heavy atom. The molecule has 1 heterocycles. The number of allylic oxidation sites excluding steroid dienone is 2. The highest BCUT2D eigenvalue weighted by atomic mass is 31.2. The molecule has 1 aliphatic heterocycles. The maximum absolute atomic E-state index is 15.3. The molecule has 3 aromatic carbocycles. The number of methoxy groups -OCH3 is 1. The Balaban J connectivity index is 1.68. The van der Waals surface area contributed by atoms with Crippen LogP contribution in [-0.2, 0) is 20.6 Å². The molecular formula is C29H28NO3P. The first-order chi connectivity index (χ1) is 16.6.